The third-order valence-corrected chi connectivity index (χ3v) is 21.7. The van der Waals surface area contributed by atoms with Gasteiger partial charge in [-0.25, -0.2) is 0 Å². The minimum atomic E-state index is -4.62. The summed E-state index contributed by atoms with van der Waals surface area (Å²) in [5, 5.41) is -1.29. The molecule has 0 aliphatic carbocycles. The van der Waals surface area contributed by atoms with Gasteiger partial charge in [-0.3, -0.25) is 12.4 Å². The molecule has 0 aromatic heterocycles. The lowest BCUT2D eigenvalue weighted by Crippen LogP contribution is -2.71. The van der Waals surface area contributed by atoms with Crippen LogP contribution in [0.1, 0.15) is 62.3 Å². The van der Waals surface area contributed by atoms with E-state index in [1.807, 2.05) is 6.55 Å². The lowest BCUT2D eigenvalue weighted by atomic mass is 10.2. The topological polar surface area (TPSA) is 12.5 Å². The Morgan fingerprint density at radius 1 is 0.696 bits per heavy atom. The molecule has 0 rings (SSSR count). The quantitative estimate of drug-likeness (QED) is 0.406. The fourth-order valence-corrected chi connectivity index (χ4v) is 15.7. The second kappa shape index (κ2) is 6.30. The zero-order valence-corrected chi connectivity index (χ0v) is 20.6. The summed E-state index contributed by atoms with van der Waals surface area (Å²) in [4.78, 5) is 0. The number of hydrogen-bond acceptors (Lipinski definition) is 2. The van der Waals surface area contributed by atoms with E-state index in [9.17, 15) is 0 Å². The van der Waals surface area contributed by atoms with E-state index in [1.54, 1.807) is 27.8 Å². The van der Waals surface area contributed by atoms with Crippen molar-refractivity contribution in [2.45, 2.75) is 97.1 Å². The highest BCUT2D eigenvalue weighted by atomic mass is 28.5. The molecule has 23 heavy (non-hydrogen) atoms. The van der Waals surface area contributed by atoms with Crippen molar-refractivity contribution in [2.24, 2.45) is 0 Å². The van der Waals surface area contributed by atoms with Gasteiger partial charge in [0.2, 0.25) is 0 Å². The van der Waals surface area contributed by atoms with Gasteiger partial charge in [-0.15, -0.1) is 0 Å². The highest BCUT2D eigenvalue weighted by molar-refractivity contribution is 6.92. The molecule has 140 valence electrons. The van der Waals surface area contributed by atoms with Crippen LogP contribution in [0.25, 0.3) is 0 Å². The summed E-state index contributed by atoms with van der Waals surface area (Å²) in [6.07, 6.45) is 0. The van der Waals surface area contributed by atoms with Crippen molar-refractivity contribution >= 4 is 25.7 Å². The van der Waals surface area contributed by atoms with E-state index in [0.717, 1.165) is 0 Å². The van der Waals surface area contributed by atoms with E-state index in [1.165, 1.54) is 4.23 Å². The Kier molecular flexibility index (Phi) is 6.42. The maximum atomic E-state index is 15.3. The van der Waals surface area contributed by atoms with Crippen LogP contribution in [0.15, 0.2) is 0 Å². The van der Waals surface area contributed by atoms with Crippen molar-refractivity contribution in [1.29, 1.82) is 0 Å². The molecule has 0 radical (unpaired) electrons. The summed E-state index contributed by atoms with van der Waals surface area (Å²) in [5.41, 5.74) is 0. The van der Waals surface area contributed by atoms with Crippen LogP contribution in [0.3, 0.4) is 0 Å². The zero-order valence-electron chi connectivity index (χ0n) is 17.6. The van der Waals surface area contributed by atoms with E-state index in [2.05, 4.69) is 54.6 Å². The summed E-state index contributed by atoms with van der Waals surface area (Å²) >= 11 is 0. The van der Waals surface area contributed by atoms with Gasteiger partial charge in [-0.2, -0.15) is 0 Å². The number of halogens is 2. The molecule has 0 aromatic carbocycles. The highest BCUT2D eigenvalue weighted by Gasteiger charge is 2.64. The lowest BCUT2D eigenvalue weighted by molar-refractivity contribution is 0.335. The van der Waals surface area contributed by atoms with Crippen molar-refractivity contribution in [3.63, 3.8) is 0 Å². The van der Waals surface area contributed by atoms with Gasteiger partial charge in [0.15, 0.2) is 8.32 Å². The molecule has 0 heterocycles. The van der Waals surface area contributed by atoms with E-state index in [-0.39, 0.29) is 10.1 Å². The molecule has 0 saturated carbocycles. The first-order chi connectivity index (χ1) is 9.61. The van der Waals surface area contributed by atoms with Gasteiger partial charge in [0, 0.05) is 5.04 Å². The number of rotatable bonds is 4. The Labute approximate surface area is 146 Å². The van der Waals surface area contributed by atoms with Crippen LogP contribution < -0.4 is 0 Å². The monoisotopic (exact) mass is 383 g/mol. The van der Waals surface area contributed by atoms with Gasteiger partial charge >= 0.3 is 8.90 Å². The SMILES string of the molecule is CN([Si](F)(F)C(C)(C)C)[Si](C)(O[Si](C)(C)C(C)(C)C)C(C)(C)C. The van der Waals surface area contributed by atoms with Gasteiger partial charge in [0.1, 0.15) is 0 Å². The molecular formula is C16H39F2NOSi3. The minimum absolute atomic E-state index is 0.00588. The van der Waals surface area contributed by atoms with Crippen LogP contribution in [-0.4, -0.2) is 37.0 Å². The van der Waals surface area contributed by atoms with E-state index in [0.29, 0.717) is 0 Å². The first-order valence-corrected chi connectivity index (χ1v) is 15.4. The van der Waals surface area contributed by atoms with Crippen LogP contribution in [0.5, 0.6) is 0 Å². The van der Waals surface area contributed by atoms with E-state index < -0.39 is 30.7 Å². The molecule has 2 nitrogen and oxygen atoms in total. The Balaban J connectivity index is 6.09. The summed E-state index contributed by atoms with van der Waals surface area (Å²) in [7, 11) is -7.99. The Bertz CT molecular complexity index is 423. The van der Waals surface area contributed by atoms with Crippen LogP contribution >= 0.6 is 0 Å². The van der Waals surface area contributed by atoms with Crippen LogP contribution in [0.2, 0.25) is 34.8 Å². The molecule has 0 aliphatic heterocycles. The predicted molar refractivity (Wildman–Crippen MR) is 105 cm³/mol. The smallest absolute Gasteiger partial charge is 0.444 e. The average molecular weight is 384 g/mol. The Hall–Kier alpha value is 0.431. The molecule has 0 aromatic rings. The zero-order chi connectivity index (χ0) is 19.3. The molecule has 7 heteroatoms. The fraction of sp³-hybridized carbons (Fsp3) is 1.00. The molecule has 0 saturated heterocycles. The second-order valence-corrected chi connectivity index (χ2v) is 23.6. The largest absolute Gasteiger partial charge is 0.507 e. The standard InChI is InChI=1S/C16H39F2NOSi3/c1-14(2,3)21(11,12)20-22(13,15(4,5)6)19(10)23(17,18)16(7,8)9/h1-13H3. The molecule has 0 bridgehead atoms. The number of nitrogens with zero attached hydrogens (tertiary/aromatic N) is 1. The third-order valence-electron chi connectivity index (χ3n) is 5.62. The summed E-state index contributed by atoms with van der Waals surface area (Å²) in [6.45, 7) is 23.9. The van der Waals surface area contributed by atoms with Crippen LogP contribution in [-0.2, 0) is 4.12 Å². The summed E-state index contributed by atoms with van der Waals surface area (Å²) in [6, 6.07) is 0. The Morgan fingerprint density at radius 2 is 1.04 bits per heavy atom. The molecule has 0 N–H and O–H groups in total. The van der Waals surface area contributed by atoms with E-state index >= 15 is 8.22 Å². The fourth-order valence-electron chi connectivity index (χ4n) is 2.15. The van der Waals surface area contributed by atoms with Gasteiger partial charge in [-0.1, -0.05) is 62.3 Å². The van der Waals surface area contributed by atoms with Crippen LogP contribution in [0, 0.1) is 0 Å². The first-order valence-electron chi connectivity index (χ1n) is 8.43. The molecular weight excluding hydrogens is 344 g/mol. The molecule has 0 aliphatic rings. The van der Waals surface area contributed by atoms with Crippen molar-refractivity contribution < 1.29 is 12.3 Å². The van der Waals surface area contributed by atoms with Crippen molar-refractivity contribution in [1.82, 2.24) is 4.23 Å². The van der Waals surface area contributed by atoms with Gasteiger partial charge in [-0.05, 0) is 36.8 Å². The molecule has 1 unspecified atom stereocenters. The van der Waals surface area contributed by atoms with Gasteiger partial charge < -0.3 is 4.12 Å². The lowest BCUT2D eigenvalue weighted by Gasteiger charge is -2.54. The normalized spacial score (nSPS) is 18.3. The van der Waals surface area contributed by atoms with Crippen molar-refractivity contribution in [2.75, 3.05) is 7.05 Å². The summed E-state index contributed by atoms with van der Waals surface area (Å²) in [5.74, 6) is 0. The molecule has 1 atom stereocenters. The average Bonchev–Trinajstić information content (AvgIpc) is 2.22. The summed E-state index contributed by atoms with van der Waals surface area (Å²) < 4.78 is 38.7. The first kappa shape index (κ1) is 23.4. The molecule has 0 spiro atoms. The highest BCUT2D eigenvalue weighted by Crippen LogP contribution is 2.50. The predicted octanol–water partition coefficient (Wildman–Crippen LogP) is 6.49. The maximum absolute atomic E-state index is 15.3. The van der Waals surface area contributed by atoms with Crippen molar-refractivity contribution in [3.05, 3.63) is 0 Å². The molecule has 0 fully saturated rings. The second-order valence-electron chi connectivity index (χ2n) is 10.4. The minimum Gasteiger partial charge on any atom is -0.444 e. The van der Waals surface area contributed by atoms with E-state index in [4.69, 9.17) is 4.12 Å². The van der Waals surface area contributed by atoms with Gasteiger partial charge in [0.05, 0.1) is 0 Å². The Morgan fingerprint density at radius 3 is 1.26 bits per heavy atom. The maximum Gasteiger partial charge on any atom is 0.507 e. The van der Waals surface area contributed by atoms with Crippen molar-refractivity contribution in [3.8, 4) is 0 Å². The molecule has 0 amide bonds. The third kappa shape index (κ3) is 4.54. The van der Waals surface area contributed by atoms with Gasteiger partial charge in [0.25, 0.3) is 8.48 Å². The van der Waals surface area contributed by atoms with Crippen LogP contribution in [0.4, 0.5) is 8.22 Å². The number of hydrogen-bond donors (Lipinski definition) is 0.